The van der Waals surface area contributed by atoms with E-state index in [9.17, 15) is 0 Å². The molecule has 5 heteroatoms. The Morgan fingerprint density at radius 1 is 1.08 bits per heavy atom. The number of halogens is 1. The second-order valence-electron chi connectivity index (χ2n) is 6.57. The van der Waals surface area contributed by atoms with Crippen LogP contribution in [0.25, 0.3) is 0 Å². The number of nitrogens with one attached hydrogen (secondary N) is 1. The van der Waals surface area contributed by atoms with Crippen molar-refractivity contribution in [2.45, 2.75) is 32.7 Å². The van der Waals surface area contributed by atoms with Crippen molar-refractivity contribution >= 4 is 15.9 Å². The van der Waals surface area contributed by atoms with Crippen LogP contribution in [0.3, 0.4) is 0 Å². The maximum Gasteiger partial charge on any atom is 0.137 e. The molecule has 2 aliphatic rings. The van der Waals surface area contributed by atoms with Gasteiger partial charge in [-0.1, -0.05) is 18.2 Å². The number of hydrogen-bond acceptors (Lipinski definition) is 4. The first kappa shape index (κ1) is 17.7. The second kappa shape index (κ2) is 7.89. The summed E-state index contributed by atoms with van der Waals surface area (Å²) in [6.45, 7) is 5.92. The van der Waals surface area contributed by atoms with Crippen molar-refractivity contribution in [3.8, 4) is 17.2 Å². The van der Waals surface area contributed by atoms with Crippen molar-refractivity contribution in [2.24, 2.45) is 0 Å². The molecule has 2 heterocycles. The van der Waals surface area contributed by atoms with Crippen LogP contribution in [0.5, 0.6) is 17.2 Å². The number of hydrogen-bond donors (Lipinski definition) is 1. The summed E-state index contributed by atoms with van der Waals surface area (Å²) in [5.74, 6) is 3.08. The molecule has 0 amide bonds. The summed E-state index contributed by atoms with van der Waals surface area (Å²) in [5.41, 5.74) is 5.09. The van der Waals surface area contributed by atoms with Crippen molar-refractivity contribution < 1.29 is 14.2 Å². The molecule has 2 aromatic carbocycles. The fraction of sp³-hybridized carbons (Fsp3) is 0.429. The molecule has 4 rings (SSSR count). The summed E-state index contributed by atoms with van der Waals surface area (Å²) in [6, 6.07) is 8.21. The monoisotopic (exact) mass is 417 g/mol. The predicted molar refractivity (Wildman–Crippen MR) is 106 cm³/mol. The van der Waals surface area contributed by atoms with Crippen LogP contribution in [-0.2, 0) is 25.8 Å². The highest BCUT2D eigenvalue weighted by atomic mass is 79.9. The van der Waals surface area contributed by atoms with Gasteiger partial charge in [0.15, 0.2) is 0 Å². The van der Waals surface area contributed by atoms with Crippen LogP contribution >= 0.6 is 15.9 Å². The minimum Gasteiger partial charge on any atom is -0.494 e. The quantitative estimate of drug-likeness (QED) is 0.689. The molecular weight excluding hydrogens is 394 g/mol. The van der Waals surface area contributed by atoms with E-state index >= 15 is 0 Å². The van der Waals surface area contributed by atoms with Gasteiger partial charge in [-0.25, -0.2) is 0 Å². The second-order valence-corrected chi connectivity index (χ2v) is 7.37. The molecular formula is C21H24BrNO3. The average molecular weight is 418 g/mol. The Morgan fingerprint density at radius 3 is 2.69 bits per heavy atom. The number of fused-ring (bicyclic) bond motifs is 2. The van der Waals surface area contributed by atoms with Crippen LogP contribution in [-0.4, -0.2) is 26.4 Å². The zero-order valence-corrected chi connectivity index (χ0v) is 16.7. The normalized spacial score (nSPS) is 14.5. The lowest BCUT2D eigenvalue weighted by Crippen LogP contribution is -2.18. The SMILES string of the molecule is CCOc1ccccc1CNCCc1c2c(c(Br)c3c1OCC3)OCC2. The zero-order chi connectivity index (χ0) is 17.9. The largest absolute Gasteiger partial charge is 0.494 e. The summed E-state index contributed by atoms with van der Waals surface area (Å²) in [5, 5.41) is 3.56. The lowest BCUT2D eigenvalue weighted by atomic mass is 9.97. The summed E-state index contributed by atoms with van der Waals surface area (Å²) in [6.07, 6.45) is 2.86. The van der Waals surface area contributed by atoms with E-state index in [4.69, 9.17) is 14.2 Å². The van der Waals surface area contributed by atoms with E-state index in [-0.39, 0.29) is 0 Å². The molecule has 0 saturated carbocycles. The molecule has 0 unspecified atom stereocenters. The molecule has 1 N–H and O–H groups in total. The van der Waals surface area contributed by atoms with E-state index in [1.807, 2.05) is 19.1 Å². The Morgan fingerprint density at radius 2 is 1.85 bits per heavy atom. The summed E-state index contributed by atoms with van der Waals surface area (Å²) < 4.78 is 18.6. The number of rotatable bonds is 7. The molecule has 0 aliphatic carbocycles. The summed E-state index contributed by atoms with van der Waals surface area (Å²) in [7, 11) is 0. The van der Waals surface area contributed by atoms with Gasteiger partial charge in [0.05, 0.1) is 24.3 Å². The number of ether oxygens (including phenoxy) is 3. The van der Waals surface area contributed by atoms with Crippen LogP contribution in [0.4, 0.5) is 0 Å². The van der Waals surface area contributed by atoms with E-state index in [1.165, 1.54) is 22.3 Å². The fourth-order valence-corrected chi connectivity index (χ4v) is 4.53. The highest BCUT2D eigenvalue weighted by Gasteiger charge is 2.29. The molecule has 0 bridgehead atoms. The van der Waals surface area contributed by atoms with Gasteiger partial charge in [0.25, 0.3) is 0 Å². The van der Waals surface area contributed by atoms with Gasteiger partial charge in [0.2, 0.25) is 0 Å². The van der Waals surface area contributed by atoms with Crippen molar-refractivity contribution in [1.29, 1.82) is 0 Å². The van der Waals surface area contributed by atoms with Gasteiger partial charge < -0.3 is 19.5 Å². The molecule has 4 nitrogen and oxygen atoms in total. The Kier molecular flexibility index (Phi) is 5.36. The first-order valence-corrected chi connectivity index (χ1v) is 10.1. The molecule has 0 fully saturated rings. The molecule has 0 saturated heterocycles. The van der Waals surface area contributed by atoms with E-state index in [0.29, 0.717) is 6.61 Å². The Balaban J connectivity index is 1.45. The average Bonchev–Trinajstić information content (AvgIpc) is 3.32. The van der Waals surface area contributed by atoms with Gasteiger partial charge in [-0.3, -0.25) is 0 Å². The lowest BCUT2D eigenvalue weighted by Gasteiger charge is -2.16. The van der Waals surface area contributed by atoms with Gasteiger partial charge in [0.1, 0.15) is 17.2 Å². The highest BCUT2D eigenvalue weighted by molar-refractivity contribution is 9.10. The minimum atomic E-state index is 0.686. The van der Waals surface area contributed by atoms with Crippen LogP contribution in [0, 0.1) is 0 Å². The van der Waals surface area contributed by atoms with Crippen molar-refractivity contribution in [3.05, 3.63) is 51.0 Å². The first-order valence-electron chi connectivity index (χ1n) is 9.32. The van der Waals surface area contributed by atoms with Crippen LogP contribution in [0.1, 0.15) is 29.2 Å². The van der Waals surface area contributed by atoms with E-state index in [0.717, 1.165) is 67.3 Å². The summed E-state index contributed by atoms with van der Waals surface area (Å²) in [4.78, 5) is 0. The van der Waals surface area contributed by atoms with Crippen molar-refractivity contribution in [1.82, 2.24) is 5.32 Å². The van der Waals surface area contributed by atoms with E-state index < -0.39 is 0 Å². The lowest BCUT2D eigenvalue weighted by molar-refractivity contribution is 0.335. The molecule has 0 atom stereocenters. The zero-order valence-electron chi connectivity index (χ0n) is 15.1. The first-order chi connectivity index (χ1) is 12.8. The van der Waals surface area contributed by atoms with Crippen LogP contribution in [0.15, 0.2) is 28.7 Å². The van der Waals surface area contributed by atoms with Gasteiger partial charge in [-0.15, -0.1) is 0 Å². The topological polar surface area (TPSA) is 39.7 Å². The molecule has 26 heavy (non-hydrogen) atoms. The maximum atomic E-state index is 5.97. The molecule has 0 aromatic heterocycles. The van der Waals surface area contributed by atoms with E-state index in [1.54, 1.807) is 0 Å². The molecule has 0 radical (unpaired) electrons. The Bertz CT molecular complexity index is 771. The van der Waals surface area contributed by atoms with E-state index in [2.05, 4.69) is 33.4 Å². The molecule has 2 aromatic rings. The minimum absolute atomic E-state index is 0.686. The molecule has 0 spiro atoms. The molecule has 138 valence electrons. The third-order valence-corrected chi connectivity index (χ3v) is 5.83. The predicted octanol–water partition coefficient (Wildman–Crippen LogP) is 4.05. The third kappa shape index (κ3) is 3.30. The summed E-state index contributed by atoms with van der Waals surface area (Å²) >= 11 is 3.72. The third-order valence-electron chi connectivity index (χ3n) is 4.99. The van der Waals surface area contributed by atoms with Crippen molar-refractivity contribution in [2.75, 3.05) is 26.4 Å². The Labute approximate surface area is 163 Å². The van der Waals surface area contributed by atoms with Crippen LogP contribution < -0.4 is 19.5 Å². The van der Waals surface area contributed by atoms with Gasteiger partial charge in [-0.05, 0) is 41.9 Å². The van der Waals surface area contributed by atoms with Gasteiger partial charge >= 0.3 is 0 Å². The maximum absolute atomic E-state index is 5.97. The highest BCUT2D eigenvalue weighted by Crippen LogP contribution is 2.47. The standard InChI is InChI=1S/C21H24BrNO3/c1-2-24-18-6-4-3-5-14(18)13-23-10-7-15-16-8-11-26-21(16)19(22)17-9-12-25-20(15)17/h3-6,23H,2,7-13H2,1H3. The smallest absolute Gasteiger partial charge is 0.137 e. The fourth-order valence-electron chi connectivity index (χ4n) is 3.80. The molecule has 2 aliphatic heterocycles. The number of benzene rings is 2. The van der Waals surface area contributed by atoms with Crippen LogP contribution in [0.2, 0.25) is 0 Å². The Hall–Kier alpha value is -1.72. The van der Waals surface area contributed by atoms with Gasteiger partial charge in [0, 0.05) is 41.6 Å². The van der Waals surface area contributed by atoms with Gasteiger partial charge in [-0.2, -0.15) is 0 Å². The number of para-hydroxylation sites is 1. The van der Waals surface area contributed by atoms with Crippen molar-refractivity contribution in [3.63, 3.8) is 0 Å².